The van der Waals surface area contributed by atoms with Crippen LogP contribution in [0.3, 0.4) is 0 Å². The molecule has 0 fully saturated rings. The summed E-state index contributed by atoms with van der Waals surface area (Å²) in [5.74, 6) is -0.216. The fourth-order valence-corrected chi connectivity index (χ4v) is 1.23. The standard InChI is InChI=1S/C11H14F3NO/c1-10(2,7-15)8-4-3-5-9(6-8)16-11(12,13)14/h3-6H,7,15H2,1-2H3. The van der Waals surface area contributed by atoms with Gasteiger partial charge in [0.15, 0.2) is 0 Å². The Morgan fingerprint density at radius 1 is 1.25 bits per heavy atom. The topological polar surface area (TPSA) is 35.2 Å². The predicted octanol–water partition coefficient (Wildman–Crippen LogP) is 2.82. The van der Waals surface area contributed by atoms with Gasteiger partial charge in [0, 0.05) is 12.0 Å². The SMILES string of the molecule is CC(C)(CN)c1cccc(OC(F)(F)F)c1. The van der Waals surface area contributed by atoms with Crippen LogP contribution in [0, 0.1) is 0 Å². The van der Waals surface area contributed by atoms with E-state index in [0.29, 0.717) is 6.54 Å². The molecule has 0 saturated carbocycles. The van der Waals surface area contributed by atoms with E-state index in [2.05, 4.69) is 4.74 Å². The maximum Gasteiger partial charge on any atom is 0.573 e. The highest BCUT2D eigenvalue weighted by atomic mass is 19.4. The zero-order chi connectivity index (χ0) is 12.4. The third-order valence-corrected chi connectivity index (χ3v) is 2.36. The average Bonchev–Trinajstić information content (AvgIpc) is 2.15. The molecule has 1 aromatic rings. The van der Waals surface area contributed by atoms with Gasteiger partial charge in [-0.25, -0.2) is 0 Å². The van der Waals surface area contributed by atoms with Crippen molar-refractivity contribution in [1.29, 1.82) is 0 Å². The normalized spacial score (nSPS) is 12.6. The Kier molecular flexibility index (Phi) is 3.48. The number of hydrogen-bond donors (Lipinski definition) is 1. The first-order chi connectivity index (χ1) is 7.24. The highest BCUT2D eigenvalue weighted by Gasteiger charge is 2.31. The summed E-state index contributed by atoms with van der Waals surface area (Å²) in [6, 6.07) is 5.88. The molecule has 0 heterocycles. The van der Waals surface area contributed by atoms with Crippen LogP contribution in [0.4, 0.5) is 13.2 Å². The lowest BCUT2D eigenvalue weighted by molar-refractivity contribution is -0.274. The fourth-order valence-electron chi connectivity index (χ4n) is 1.23. The van der Waals surface area contributed by atoms with Gasteiger partial charge in [-0.3, -0.25) is 0 Å². The first-order valence-corrected chi connectivity index (χ1v) is 4.81. The van der Waals surface area contributed by atoms with Crippen molar-refractivity contribution in [3.05, 3.63) is 29.8 Å². The lowest BCUT2D eigenvalue weighted by atomic mass is 9.85. The van der Waals surface area contributed by atoms with Gasteiger partial charge in [-0.1, -0.05) is 26.0 Å². The van der Waals surface area contributed by atoms with Crippen molar-refractivity contribution in [3.63, 3.8) is 0 Å². The van der Waals surface area contributed by atoms with Crippen molar-refractivity contribution in [3.8, 4) is 5.75 Å². The average molecular weight is 233 g/mol. The summed E-state index contributed by atoms with van der Waals surface area (Å²) in [4.78, 5) is 0. The Morgan fingerprint density at radius 3 is 2.38 bits per heavy atom. The molecule has 0 aliphatic rings. The zero-order valence-electron chi connectivity index (χ0n) is 9.14. The number of halogens is 3. The number of nitrogens with two attached hydrogens (primary N) is 1. The monoisotopic (exact) mass is 233 g/mol. The van der Waals surface area contributed by atoms with Gasteiger partial charge in [-0.2, -0.15) is 0 Å². The first-order valence-electron chi connectivity index (χ1n) is 4.81. The smallest absolute Gasteiger partial charge is 0.406 e. The molecule has 0 bridgehead atoms. The molecule has 0 unspecified atom stereocenters. The van der Waals surface area contributed by atoms with Gasteiger partial charge in [-0.05, 0) is 17.7 Å². The Hall–Kier alpha value is -1.23. The number of benzene rings is 1. The van der Waals surface area contributed by atoms with E-state index in [1.165, 1.54) is 18.2 Å². The van der Waals surface area contributed by atoms with Crippen LogP contribution >= 0.6 is 0 Å². The molecule has 16 heavy (non-hydrogen) atoms. The van der Waals surface area contributed by atoms with E-state index < -0.39 is 6.36 Å². The van der Waals surface area contributed by atoms with Crippen molar-refractivity contribution >= 4 is 0 Å². The minimum absolute atomic E-state index is 0.216. The van der Waals surface area contributed by atoms with Crippen molar-refractivity contribution in [2.24, 2.45) is 5.73 Å². The second-order valence-electron chi connectivity index (χ2n) is 4.16. The molecule has 0 aliphatic heterocycles. The van der Waals surface area contributed by atoms with E-state index in [9.17, 15) is 13.2 Å². The van der Waals surface area contributed by atoms with Gasteiger partial charge in [0.05, 0.1) is 0 Å². The van der Waals surface area contributed by atoms with Crippen LogP contribution in [0.25, 0.3) is 0 Å². The van der Waals surface area contributed by atoms with Crippen molar-refractivity contribution in [2.45, 2.75) is 25.6 Å². The van der Waals surface area contributed by atoms with Crippen LogP contribution in [0.5, 0.6) is 5.75 Å². The van der Waals surface area contributed by atoms with Crippen LogP contribution in [-0.4, -0.2) is 12.9 Å². The van der Waals surface area contributed by atoms with Crippen molar-refractivity contribution in [1.82, 2.24) is 0 Å². The number of rotatable bonds is 3. The summed E-state index contributed by atoms with van der Waals surface area (Å²) < 4.78 is 39.9. The van der Waals surface area contributed by atoms with Crippen LogP contribution in [0.1, 0.15) is 19.4 Å². The molecule has 0 amide bonds. The highest BCUT2D eigenvalue weighted by molar-refractivity contribution is 5.33. The zero-order valence-corrected chi connectivity index (χ0v) is 9.14. The predicted molar refractivity (Wildman–Crippen MR) is 55.2 cm³/mol. The number of ether oxygens (including phenoxy) is 1. The summed E-state index contributed by atoms with van der Waals surface area (Å²) in [7, 11) is 0. The Morgan fingerprint density at radius 2 is 1.88 bits per heavy atom. The number of alkyl halides is 3. The Bertz CT molecular complexity index is 360. The lowest BCUT2D eigenvalue weighted by Gasteiger charge is -2.23. The Labute approximate surface area is 92.2 Å². The summed E-state index contributed by atoms with van der Waals surface area (Å²) in [6.45, 7) is 4.07. The number of hydrogen-bond acceptors (Lipinski definition) is 2. The fraction of sp³-hybridized carbons (Fsp3) is 0.455. The minimum atomic E-state index is -4.66. The van der Waals surface area contributed by atoms with E-state index >= 15 is 0 Å². The van der Waals surface area contributed by atoms with E-state index in [1.54, 1.807) is 6.07 Å². The molecule has 90 valence electrons. The molecular weight excluding hydrogens is 219 g/mol. The van der Waals surface area contributed by atoms with Gasteiger partial charge < -0.3 is 10.5 Å². The molecule has 0 aliphatic carbocycles. The third-order valence-electron chi connectivity index (χ3n) is 2.36. The van der Waals surface area contributed by atoms with E-state index in [-0.39, 0.29) is 11.2 Å². The molecule has 0 saturated heterocycles. The summed E-state index contributed by atoms with van der Waals surface area (Å²) in [6.07, 6.45) is -4.66. The lowest BCUT2D eigenvalue weighted by Crippen LogP contribution is -2.28. The molecule has 1 rings (SSSR count). The van der Waals surface area contributed by atoms with Crippen molar-refractivity contribution < 1.29 is 17.9 Å². The molecule has 5 heteroatoms. The van der Waals surface area contributed by atoms with E-state index in [1.807, 2.05) is 13.8 Å². The molecule has 2 N–H and O–H groups in total. The van der Waals surface area contributed by atoms with Crippen LogP contribution in [0.15, 0.2) is 24.3 Å². The first kappa shape index (κ1) is 12.8. The largest absolute Gasteiger partial charge is 0.573 e. The molecule has 0 atom stereocenters. The van der Waals surface area contributed by atoms with Crippen LogP contribution in [0.2, 0.25) is 0 Å². The van der Waals surface area contributed by atoms with Gasteiger partial charge >= 0.3 is 6.36 Å². The molecule has 0 aromatic heterocycles. The maximum absolute atomic E-state index is 12.0. The summed E-state index contributed by atoms with van der Waals surface area (Å²) in [5, 5.41) is 0. The quantitative estimate of drug-likeness (QED) is 0.871. The minimum Gasteiger partial charge on any atom is -0.406 e. The molecule has 0 radical (unpaired) electrons. The van der Waals surface area contributed by atoms with Crippen LogP contribution in [-0.2, 0) is 5.41 Å². The van der Waals surface area contributed by atoms with E-state index in [0.717, 1.165) is 5.56 Å². The molecular formula is C11H14F3NO. The maximum atomic E-state index is 12.0. The molecule has 1 aromatic carbocycles. The van der Waals surface area contributed by atoms with Gasteiger partial charge in [-0.15, -0.1) is 13.2 Å². The highest BCUT2D eigenvalue weighted by Crippen LogP contribution is 2.28. The summed E-state index contributed by atoms with van der Waals surface area (Å²) in [5.41, 5.74) is 5.90. The van der Waals surface area contributed by atoms with Gasteiger partial charge in [0.25, 0.3) is 0 Å². The van der Waals surface area contributed by atoms with Gasteiger partial charge in [0.2, 0.25) is 0 Å². The second-order valence-corrected chi connectivity index (χ2v) is 4.16. The van der Waals surface area contributed by atoms with Gasteiger partial charge in [0.1, 0.15) is 5.75 Å². The van der Waals surface area contributed by atoms with Crippen molar-refractivity contribution in [2.75, 3.05) is 6.54 Å². The second kappa shape index (κ2) is 4.33. The van der Waals surface area contributed by atoms with E-state index in [4.69, 9.17) is 5.73 Å². The molecule has 0 spiro atoms. The third kappa shape index (κ3) is 3.41. The summed E-state index contributed by atoms with van der Waals surface area (Å²) >= 11 is 0. The molecule has 2 nitrogen and oxygen atoms in total. The van der Waals surface area contributed by atoms with Crippen LogP contribution < -0.4 is 10.5 Å². The Balaban J connectivity index is 2.96.